The first-order valence-corrected chi connectivity index (χ1v) is 13.9. The van der Waals surface area contributed by atoms with Gasteiger partial charge in [-0.15, -0.1) is 0 Å². The van der Waals surface area contributed by atoms with Crippen molar-refractivity contribution in [2.45, 2.75) is 44.4 Å². The van der Waals surface area contributed by atoms with Crippen LogP contribution in [0, 0.1) is 11.7 Å². The Morgan fingerprint density at radius 2 is 1.86 bits per heavy atom. The van der Waals surface area contributed by atoms with Crippen molar-refractivity contribution in [3.8, 4) is 16.9 Å². The Labute approximate surface area is 217 Å². The van der Waals surface area contributed by atoms with Crippen molar-refractivity contribution in [3.63, 3.8) is 0 Å². The number of halogens is 1. The van der Waals surface area contributed by atoms with Gasteiger partial charge in [0.1, 0.15) is 23.2 Å². The van der Waals surface area contributed by atoms with Gasteiger partial charge in [-0.1, -0.05) is 6.07 Å². The zero-order valence-corrected chi connectivity index (χ0v) is 21.5. The Kier molecular flexibility index (Phi) is 6.06. The summed E-state index contributed by atoms with van der Waals surface area (Å²) in [5.41, 5.74) is 4.47. The molecule has 0 spiro atoms. The lowest BCUT2D eigenvalue weighted by Crippen LogP contribution is -2.56. The fourth-order valence-corrected chi connectivity index (χ4v) is 6.10. The van der Waals surface area contributed by atoms with Crippen LogP contribution < -0.4 is 15.0 Å². The van der Waals surface area contributed by atoms with Crippen molar-refractivity contribution in [2.75, 3.05) is 57.4 Å². The fraction of sp³-hybridized carbons (Fsp3) is 0.552. The number of anilines is 1. The molecule has 1 saturated carbocycles. The third-order valence-electron chi connectivity index (χ3n) is 8.72. The van der Waals surface area contributed by atoms with Crippen LogP contribution in [0.25, 0.3) is 22.2 Å². The van der Waals surface area contributed by atoms with E-state index in [2.05, 4.69) is 38.7 Å². The number of ether oxygens (including phenoxy) is 2. The molecule has 37 heavy (non-hydrogen) atoms. The van der Waals surface area contributed by atoms with Gasteiger partial charge in [-0.25, -0.2) is 9.37 Å². The Morgan fingerprint density at radius 3 is 2.54 bits per heavy atom. The molecule has 2 atom stereocenters. The van der Waals surface area contributed by atoms with Gasteiger partial charge < -0.3 is 24.3 Å². The molecule has 4 aliphatic rings. The summed E-state index contributed by atoms with van der Waals surface area (Å²) in [5, 5.41) is 3.45. The monoisotopic (exact) mass is 505 g/mol. The predicted octanol–water partition coefficient (Wildman–Crippen LogP) is 4.07. The second-order valence-electron chi connectivity index (χ2n) is 11.2. The number of benzene rings is 2. The molecule has 0 bridgehead atoms. The highest BCUT2D eigenvalue weighted by Gasteiger charge is 2.31. The Bertz CT molecular complexity index is 1270. The smallest absolute Gasteiger partial charge is 0.147 e. The van der Waals surface area contributed by atoms with Crippen LogP contribution in [0.3, 0.4) is 0 Å². The largest absolute Gasteiger partial charge is 0.488 e. The summed E-state index contributed by atoms with van der Waals surface area (Å²) in [4.78, 5) is 9.37. The average Bonchev–Trinajstić information content (AvgIpc) is 3.38. The third kappa shape index (κ3) is 4.49. The molecule has 7 rings (SSSR count). The highest BCUT2D eigenvalue weighted by atomic mass is 19.1. The van der Waals surface area contributed by atoms with Crippen LogP contribution in [0.5, 0.6) is 5.75 Å². The van der Waals surface area contributed by atoms with Crippen molar-refractivity contribution >= 4 is 16.7 Å². The van der Waals surface area contributed by atoms with E-state index < -0.39 is 0 Å². The standard InChI is InChI=1S/C29H36FN5O2/c1-19(21-6-7-31-15-21)37-28-14-22(13-26-29(28)35(18-32-26)23-3-4-23)20-2-5-27(25(30)12-20)34-10-8-33(9-11-34)24-16-36-17-24/h2,5,12-14,18-19,21,23-24,31H,3-4,6-11,15-17H2,1H3. The van der Waals surface area contributed by atoms with Crippen molar-refractivity contribution in [1.82, 2.24) is 19.8 Å². The van der Waals surface area contributed by atoms with E-state index in [0.717, 1.165) is 86.8 Å². The van der Waals surface area contributed by atoms with Gasteiger partial charge in [0, 0.05) is 44.7 Å². The molecule has 0 radical (unpaired) electrons. The summed E-state index contributed by atoms with van der Waals surface area (Å²) in [7, 11) is 0. The molecule has 3 saturated heterocycles. The van der Waals surface area contributed by atoms with Crippen LogP contribution in [-0.2, 0) is 4.74 Å². The van der Waals surface area contributed by atoms with Gasteiger partial charge >= 0.3 is 0 Å². The van der Waals surface area contributed by atoms with Gasteiger partial charge in [-0.05, 0) is 68.1 Å². The number of imidazole rings is 1. The van der Waals surface area contributed by atoms with Gasteiger partial charge in [0.2, 0.25) is 0 Å². The van der Waals surface area contributed by atoms with E-state index in [1.54, 1.807) is 6.07 Å². The summed E-state index contributed by atoms with van der Waals surface area (Å²) in [6.45, 7) is 9.43. The lowest BCUT2D eigenvalue weighted by molar-refractivity contribution is -0.0660. The molecule has 2 unspecified atom stereocenters. The molecule has 3 aromatic rings. The molecule has 0 amide bonds. The molecule has 4 fully saturated rings. The third-order valence-corrected chi connectivity index (χ3v) is 8.72. The predicted molar refractivity (Wildman–Crippen MR) is 143 cm³/mol. The number of nitrogens with zero attached hydrogens (tertiary/aromatic N) is 4. The van der Waals surface area contributed by atoms with Crippen molar-refractivity contribution in [1.29, 1.82) is 0 Å². The SMILES string of the molecule is CC(Oc1cc(-c2ccc(N3CCN(C4COC4)CC3)c(F)c2)cc2ncn(C3CC3)c12)C1CCNC1. The van der Waals surface area contributed by atoms with Gasteiger partial charge in [0.25, 0.3) is 0 Å². The van der Waals surface area contributed by atoms with Crippen LogP contribution in [0.4, 0.5) is 10.1 Å². The number of hydrogen-bond donors (Lipinski definition) is 1. The molecule has 196 valence electrons. The molecule has 3 aliphatic heterocycles. The number of rotatable bonds is 7. The molecular weight excluding hydrogens is 469 g/mol. The van der Waals surface area contributed by atoms with Crippen molar-refractivity contribution in [2.24, 2.45) is 5.92 Å². The Morgan fingerprint density at radius 1 is 1.03 bits per heavy atom. The summed E-state index contributed by atoms with van der Waals surface area (Å²) in [6.07, 6.45) is 5.54. The van der Waals surface area contributed by atoms with Crippen LogP contribution >= 0.6 is 0 Å². The van der Waals surface area contributed by atoms with Gasteiger partial charge in [0.15, 0.2) is 0 Å². The minimum absolute atomic E-state index is 0.0975. The lowest BCUT2D eigenvalue weighted by Gasteiger charge is -2.43. The zero-order chi connectivity index (χ0) is 24.9. The first kappa shape index (κ1) is 23.4. The minimum Gasteiger partial charge on any atom is -0.488 e. The summed E-state index contributed by atoms with van der Waals surface area (Å²) < 4.78 is 29.7. The molecule has 8 heteroatoms. The molecular formula is C29H36FN5O2. The topological polar surface area (TPSA) is 54.8 Å². The van der Waals surface area contributed by atoms with Crippen LogP contribution in [0.2, 0.25) is 0 Å². The van der Waals surface area contributed by atoms with Crippen LogP contribution in [0.15, 0.2) is 36.7 Å². The van der Waals surface area contributed by atoms with E-state index in [1.807, 2.05) is 18.5 Å². The number of hydrogen-bond acceptors (Lipinski definition) is 6. The second kappa shape index (κ2) is 9.57. The quantitative estimate of drug-likeness (QED) is 0.523. The fourth-order valence-electron chi connectivity index (χ4n) is 6.10. The highest BCUT2D eigenvalue weighted by molar-refractivity contribution is 5.88. The maximum atomic E-state index is 15.5. The van der Waals surface area contributed by atoms with E-state index in [4.69, 9.17) is 14.5 Å². The first-order valence-electron chi connectivity index (χ1n) is 13.9. The van der Waals surface area contributed by atoms with Gasteiger partial charge in [-0.2, -0.15) is 0 Å². The Hall–Kier alpha value is -2.68. The molecule has 7 nitrogen and oxygen atoms in total. The van der Waals surface area contributed by atoms with E-state index in [1.165, 1.54) is 12.8 Å². The van der Waals surface area contributed by atoms with Crippen LogP contribution in [-0.4, -0.2) is 79.1 Å². The molecule has 1 aromatic heterocycles. The molecule has 2 aromatic carbocycles. The number of piperazine rings is 1. The second-order valence-corrected chi connectivity index (χ2v) is 11.2. The average molecular weight is 506 g/mol. The summed E-state index contributed by atoms with van der Waals surface area (Å²) in [5.74, 6) is 1.18. The highest BCUT2D eigenvalue weighted by Crippen LogP contribution is 2.42. The maximum Gasteiger partial charge on any atom is 0.147 e. The zero-order valence-electron chi connectivity index (χ0n) is 21.5. The first-order chi connectivity index (χ1) is 18.1. The lowest BCUT2D eigenvalue weighted by atomic mass is 10.0. The van der Waals surface area contributed by atoms with E-state index in [9.17, 15) is 0 Å². The Balaban J connectivity index is 1.16. The summed E-state index contributed by atoms with van der Waals surface area (Å²) >= 11 is 0. The number of nitrogens with one attached hydrogen (secondary N) is 1. The molecule has 1 aliphatic carbocycles. The van der Waals surface area contributed by atoms with Crippen molar-refractivity contribution < 1.29 is 13.9 Å². The molecule has 1 N–H and O–H groups in total. The molecule has 4 heterocycles. The normalized spacial score (nSPS) is 23.9. The maximum absolute atomic E-state index is 15.5. The van der Waals surface area contributed by atoms with Crippen molar-refractivity contribution in [3.05, 3.63) is 42.5 Å². The minimum atomic E-state index is -0.172. The van der Waals surface area contributed by atoms with Gasteiger partial charge in [-0.3, -0.25) is 4.90 Å². The van der Waals surface area contributed by atoms with Crippen LogP contribution in [0.1, 0.15) is 32.2 Å². The van der Waals surface area contributed by atoms with E-state index >= 15 is 4.39 Å². The van der Waals surface area contributed by atoms with E-state index in [-0.39, 0.29) is 11.9 Å². The summed E-state index contributed by atoms with van der Waals surface area (Å²) in [6, 6.07) is 10.9. The van der Waals surface area contributed by atoms with Gasteiger partial charge in [0.05, 0.1) is 36.8 Å². The van der Waals surface area contributed by atoms with E-state index in [0.29, 0.717) is 23.7 Å². The number of fused-ring (bicyclic) bond motifs is 1. The number of aromatic nitrogens is 2.